The van der Waals surface area contributed by atoms with Gasteiger partial charge in [0, 0.05) is 19.6 Å². The molecule has 0 fully saturated rings. The maximum absolute atomic E-state index is 12.6. The van der Waals surface area contributed by atoms with E-state index in [4.69, 9.17) is 24.3 Å². The van der Waals surface area contributed by atoms with Gasteiger partial charge in [-0.25, -0.2) is 4.57 Å². The molecule has 0 amide bonds. The topological polar surface area (TPSA) is 117 Å². The fourth-order valence-corrected chi connectivity index (χ4v) is 7.35. The number of carbonyl (C=O) groups is 1. The SMILES string of the molecule is CCCCCCCCCC/C=C\CCCCCCCCCCCC(=O)OC(COCCCCCCCCCCCCCCC)COP(=O)(O)OCCN. The van der Waals surface area contributed by atoms with E-state index in [1.165, 1.54) is 173 Å². The highest BCUT2D eigenvalue weighted by molar-refractivity contribution is 7.47. The molecule has 316 valence electrons. The van der Waals surface area contributed by atoms with Crippen molar-refractivity contribution in [3.05, 3.63) is 12.2 Å². The number of phosphoric acid groups is 1. The summed E-state index contributed by atoms with van der Waals surface area (Å²) < 4.78 is 33.4. The Morgan fingerprint density at radius 2 is 0.943 bits per heavy atom. The minimum Gasteiger partial charge on any atom is -0.457 e. The van der Waals surface area contributed by atoms with E-state index < -0.39 is 13.9 Å². The summed E-state index contributed by atoms with van der Waals surface area (Å²) in [6.45, 7) is 4.96. The third kappa shape index (κ3) is 42.2. The largest absolute Gasteiger partial charge is 0.472 e. The minimum absolute atomic E-state index is 0.0924. The Hall–Kier alpha value is -0.760. The molecule has 0 aliphatic carbocycles. The molecule has 0 rings (SSSR count). The van der Waals surface area contributed by atoms with E-state index in [0.717, 1.165) is 32.1 Å². The van der Waals surface area contributed by atoms with Gasteiger partial charge in [0.05, 0.1) is 19.8 Å². The van der Waals surface area contributed by atoms with Crippen molar-refractivity contribution in [3.63, 3.8) is 0 Å². The molecule has 0 aliphatic heterocycles. The van der Waals surface area contributed by atoms with E-state index in [0.29, 0.717) is 13.0 Å². The Balaban J connectivity index is 3.95. The molecule has 0 radical (unpaired) electrons. The number of phosphoric ester groups is 1. The van der Waals surface area contributed by atoms with Gasteiger partial charge in [0.25, 0.3) is 0 Å². The number of unbranched alkanes of at least 4 members (excludes halogenated alkanes) is 29. The predicted molar refractivity (Wildman–Crippen MR) is 224 cm³/mol. The Kier molecular flexibility index (Phi) is 41.8. The van der Waals surface area contributed by atoms with Crippen molar-refractivity contribution < 1.29 is 32.8 Å². The zero-order valence-corrected chi connectivity index (χ0v) is 35.9. The second-order valence-corrected chi connectivity index (χ2v) is 16.7. The molecule has 2 unspecified atom stereocenters. The number of nitrogens with two attached hydrogens (primary N) is 1. The molecule has 0 spiro atoms. The smallest absolute Gasteiger partial charge is 0.457 e. The molecule has 0 saturated carbocycles. The van der Waals surface area contributed by atoms with E-state index in [9.17, 15) is 14.3 Å². The normalized spacial score (nSPS) is 13.5. The van der Waals surface area contributed by atoms with Gasteiger partial charge in [-0.1, -0.05) is 193 Å². The second-order valence-electron chi connectivity index (χ2n) is 15.3. The lowest BCUT2D eigenvalue weighted by Crippen LogP contribution is -2.28. The number of allylic oxidation sites excluding steroid dienone is 2. The average Bonchev–Trinajstić information content (AvgIpc) is 3.15. The van der Waals surface area contributed by atoms with Crippen LogP contribution >= 0.6 is 7.82 Å². The molecule has 0 aliphatic rings. The Bertz CT molecular complexity index is 828. The molecule has 0 aromatic rings. The standard InChI is InChI=1S/C44H88NO7P/c1-3-5-7-9-11-13-15-17-18-19-20-21-22-23-24-25-27-29-31-33-35-37-44(46)52-43(42-51-53(47,48)50-40-38-45)41-49-39-36-34-32-30-28-26-16-14-12-10-8-6-4-2/h19-20,43H,3-18,21-42,45H2,1-2H3,(H,47,48)/b20-19-. The minimum atomic E-state index is -4.27. The van der Waals surface area contributed by atoms with Crippen LogP contribution in [0.1, 0.15) is 226 Å². The summed E-state index contributed by atoms with van der Waals surface area (Å²) in [5.74, 6) is -0.328. The molecule has 0 aromatic carbocycles. The molecule has 0 aromatic heterocycles. The molecule has 3 N–H and O–H groups in total. The summed E-state index contributed by atoms with van der Waals surface area (Å²) >= 11 is 0. The lowest BCUT2D eigenvalue weighted by atomic mass is 10.0. The van der Waals surface area contributed by atoms with Gasteiger partial charge in [-0.05, 0) is 38.5 Å². The molecule has 53 heavy (non-hydrogen) atoms. The zero-order valence-electron chi connectivity index (χ0n) is 35.0. The summed E-state index contributed by atoms with van der Waals surface area (Å²) in [4.78, 5) is 22.5. The third-order valence-electron chi connectivity index (χ3n) is 9.93. The molecular weight excluding hydrogens is 685 g/mol. The van der Waals surface area contributed by atoms with Gasteiger partial charge in [-0.15, -0.1) is 0 Å². The number of hydrogen-bond acceptors (Lipinski definition) is 7. The van der Waals surface area contributed by atoms with Gasteiger partial charge < -0.3 is 20.1 Å². The first kappa shape index (κ1) is 52.2. The highest BCUT2D eigenvalue weighted by atomic mass is 31.2. The molecule has 0 bridgehead atoms. The fourth-order valence-electron chi connectivity index (χ4n) is 6.58. The molecule has 8 nitrogen and oxygen atoms in total. The highest BCUT2D eigenvalue weighted by Crippen LogP contribution is 2.43. The molecule has 0 heterocycles. The monoisotopic (exact) mass is 774 g/mol. The van der Waals surface area contributed by atoms with Crippen LogP contribution in [0.25, 0.3) is 0 Å². The quantitative estimate of drug-likeness (QED) is 0.0272. The van der Waals surface area contributed by atoms with Gasteiger partial charge in [0.2, 0.25) is 0 Å². The zero-order chi connectivity index (χ0) is 38.8. The third-order valence-corrected chi connectivity index (χ3v) is 10.9. The van der Waals surface area contributed by atoms with Crippen LogP contribution in [0.15, 0.2) is 12.2 Å². The maximum Gasteiger partial charge on any atom is 0.472 e. The number of hydrogen-bond donors (Lipinski definition) is 2. The molecule has 9 heteroatoms. The Morgan fingerprint density at radius 1 is 0.547 bits per heavy atom. The maximum atomic E-state index is 12.6. The van der Waals surface area contributed by atoms with Crippen molar-refractivity contribution in [2.24, 2.45) is 5.73 Å². The lowest BCUT2D eigenvalue weighted by Gasteiger charge is -2.20. The first-order valence-electron chi connectivity index (χ1n) is 22.7. The van der Waals surface area contributed by atoms with Crippen LogP contribution in [0.5, 0.6) is 0 Å². The van der Waals surface area contributed by atoms with Crippen molar-refractivity contribution in [1.82, 2.24) is 0 Å². The Labute approximate surface area is 328 Å². The molecule has 0 saturated heterocycles. The Morgan fingerprint density at radius 3 is 1.38 bits per heavy atom. The number of esters is 1. The van der Waals surface area contributed by atoms with E-state index in [1.54, 1.807) is 0 Å². The van der Waals surface area contributed by atoms with Crippen LogP contribution in [0, 0.1) is 0 Å². The van der Waals surface area contributed by atoms with Crippen molar-refractivity contribution >= 4 is 13.8 Å². The lowest BCUT2D eigenvalue weighted by molar-refractivity contribution is -0.154. The highest BCUT2D eigenvalue weighted by Gasteiger charge is 2.25. The van der Waals surface area contributed by atoms with Crippen molar-refractivity contribution in [2.45, 2.75) is 232 Å². The van der Waals surface area contributed by atoms with Gasteiger partial charge >= 0.3 is 13.8 Å². The number of carbonyl (C=O) groups excluding carboxylic acids is 1. The summed E-state index contributed by atoms with van der Waals surface area (Å²) in [6.07, 6.45) is 45.1. The van der Waals surface area contributed by atoms with Gasteiger partial charge in [-0.2, -0.15) is 0 Å². The first-order valence-corrected chi connectivity index (χ1v) is 24.2. The van der Waals surface area contributed by atoms with Crippen molar-refractivity contribution in [2.75, 3.05) is 33.0 Å². The van der Waals surface area contributed by atoms with Gasteiger partial charge in [0.1, 0.15) is 6.10 Å². The summed E-state index contributed by atoms with van der Waals surface area (Å²) in [5, 5.41) is 0. The van der Waals surface area contributed by atoms with Crippen LogP contribution in [0.2, 0.25) is 0 Å². The van der Waals surface area contributed by atoms with E-state index in [1.807, 2.05) is 0 Å². The molecular formula is C44H88NO7P. The van der Waals surface area contributed by atoms with Gasteiger partial charge in [-0.3, -0.25) is 13.8 Å². The first-order chi connectivity index (χ1) is 25.9. The van der Waals surface area contributed by atoms with E-state index in [2.05, 4.69) is 26.0 Å². The summed E-state index contributed by atoms with van der Waals surface area (Å²) in [5.41, 5.74) is 5.37. The van der Waals surface area contributed by atoms with E-state index >= 15 is 0 Å². The van der Waals surface area contributed by atoms with Crippen LogP contribution < -0.4 is 5.73 Å². The van der Waals surface area contributed by atoms with E-state index in [-0.39, 0.29) is 32.3 Å². The average molecular weight is 774 g/mol. The number of rotatable bonds is 44. The van der Waals surface area contributed by atoms with Crippen molar-refractivity contribution in [3.8, 4) is 0 Å². The van der Waals surface area contributed by atoms with Gasteiger partial charge in [0.15, 0.2) is 0 Å². The van der Waals surface area contributed by atoms with Crippen LogP contribution in [-0.4, -0.2) is 49.9 Å². The predicted octanol–water partition coefficient (Wildman–Crippen LogP) is 13.5. The number of ether oxygens (including phenoxy) is 2. The van der Waals surface area contributed by atoms with Crippen molar-refractivity contribution in [1.29, 1.82) is 0 Å². The molecule has 2 atom stereocenters. The summed E-state index contributed by atoms with van der Waals surface area (Å²) in [7, 11) is -4.27. The van der Waals surface area contributed by atoms with Crippen LogP contribution in [0.4, 0.5) is 0 Å². The fraction of sp³-hybridized carbons (Fsp3) is 0.932. The van der Waals surface area contributed by atoms with Crippen LogP contribution in [0.3, 0.4) is 0 Å². The van der Waals surface area contributed by atoms with Crippen LogP contribution in [-0.2, 0) is 27.9 Å². The second kappa shape index (κ2) is 42.4. The summed E-state index contributed by atoms with van der Waals surface area (Å²) in [6, 6.07) is 0.